The summed E-state index contributed by atoms with van der Waals surface area (Å²) in [5, 5.41) is 3.61. The molecule has 2 heterocycles. The summed E-state index contributed by atoms with van der Waals surface area (Å²) >= 11 is 1.27. The van der Waals surface area contributed by atoms with E-state index in [1.54, 1.807) is 18.2 Å². The predicted octanol–water partition coefficient (Wildman–Crippen LogP) is 5.20. The third kappa shape index (κ3) is 3.35. The molecule has 27 heavy (non-hydrogen) atoms. The van der Waals surface area contributed by atoms with Crippen LogP contribution in [0.5, 0.6) is 0 Å². The molecule has 2 aromatic heterocycles. The minimum absolute atomic E-state index is 0.180. The van der Waals surface area contributed by atoms with Gasteiger partial charge < -0.3 is 14.5 Å². The van der Waals surface area contributed by atoms with Gasteiger partial charge >= 0.3 is 5.97 Å². The number of carbonyl (C=O) groups excluding carboxylic acids is 2. The van der Waals surface area contributed by atoms with Crippen molar-refractivity contribution in [3.63, 3.8) is 0 Å². The van der Waals surface area contributed by atoms with E-state index >= 15 is 0 Å². The van der Waals surface area contributed by atoms with Gasteiger partial charge in [0.05, 0.1) is 12.8 Å². The molecule has 0 bridgehead atoms. The van der Waals surface area contributed by atoms with Gasteiger partial charge in [-0.25, -0.2) is 4.79 Å². The number of anilines is 1. The van der Waals surface area contributed by atoms with Gasteiger partial charge in [-0.15, -0.1) is 11.3 Å². The molecule has 2 aromatic carbocycles. The minimum atomic E-state index is -0.498. The average Bonchev–Trinajstić information content (AvgIpc) is 3.32. The van der Waals surface area contributed by atoms with E-state index in [1.165, 1.54) is 18.4 Å². The van der Waals surface area contributed by atoms with Crippen molar-refractivity contribution in [2.45, 2.75) is 0 Å². The van der Waals surface area contributed by atoms with E-state index in [0.29, 0.717) is 16.1 Å². The Kier molecular flexibility index (Phi) is 4.48. The highest BCUT2D eigenvalue weighted by Crippen LogP contribution is 2.35. The minimum Gasteiger partial charge on any atom is -0.465 e. The molecule has 0 saturated heterocycles. The number of nitrogens with one attached hydrogen (secondary N) is 1. The number of rotatable bonds is 4. The maximum atomic E-state index is 12.6. The summed E-state index contributed by atoms with van der Waals surface area (Å²) in [6.07, 6.45) is 0. The van der Waals surface area contributed by atoms with Gasteiger partial charge in [0.15, 0.2) is 5.76 Å². The van der Waals surface area contributed by atoms with E-state index in [2.05, 4.69) is 5.32 Å². The van der Waals surface area contributed by atoms with Crippen LogP contribution in [0.3, 0.4) is 0 Å². The SMILES string of the molecule is COC(=O)c1sc(-c2ccccc2)cc1NC(=O)c1cc2ccccc2o1. The number of para-hydroxylation sites is 1. The number of hydrogen-bond acceptors (Lipinski definition) is 5. The van der Waals surface area contributed by atoms with E-state index in [4.69, 9.17) is 9.15 Å². The van der Waals surface area contributed by atoms with E-state index < -0.39 is 11.9 Å². The number of benzene rings is 2. The molecule has 0 radical (unpaired) electrons. The van der Waals surface area contributed by atoms with Gasteiger partial charge in [0.2, 0.25) is 0 Å². The summed E-state index contributed by atoms with van der Waals surface area (Å²) in [6.45, 7) is 0. The number of furan rings is 1. The second-order valence-corrected chi connectivity index (χ2v) is 6.87. The third-order valence-corrected chi connectivity index (χ3v) is 5.22. The summed E-state index contributed by atoms with van der Waals surface area (Å²) in [6, 6.07) is 20.5. The molecular weight excluding hydrogens is 362 g/mol. The number of ether oxygens (including phenoxy) is 1. The zero-order valence-electron chi connectivity index (χ0n) is 14.4. The lowest BCUT2D eigenvalue weighted by atomic mass is 10.2. The lowest BCUT2D eigenvalue weighted by Gasteiger charge is -2.03. The van der Waals surface area contributed by atoms with E-state index in [9.17, 15) is 9.59 Å². The molecule has 6 heteroatoms. The van der Waals surface area contributed by atoms with Crippen LogP contribution in [0.25, 0.3) is 21.4 Å². The first-order valence-corrected chi connectivity index (χ1v) is 9.05. The van der Waals surface area contributed by atoms with Crippen molar-refractivity contribution < 1.29 is 18.7 Å². The van der Waals surface area contributed by atoms with E-state index in [-0.39, 0.29) is 5.76 Å². The number of carbonyl (C=O) groups is 2. The Bertz CT molecular complexity index is 1090. The standard InChI is InChI=1S/C21H15NO4S/c1-25-21(24)19-15(12-18(27-19)13-7-3-2-4-8-13)22-20(23)17-11-14-9-5-6-10-16(14)26-17/h2-12H,1H3,(H,22,23). The molecule has 1 amide bonds. The normalized spacial score (nSPS) is 10.7. The summed E-state index contributed by atoms with van der Waals surface area (Å²) < 4.78 is 10.5. The molecule has 0 saturated carbocycles. The van der Waals surface area contributed by atoms with Crippen LogP contribution in [0.15, 0.2) is 71.1 Å². The Morgan fingerprint density at radius 3 is 2.48 bits per heavy atom. The second-order valence-electron chi connectivity index (χ2n) is 5.81. The molecule has 5 nitrogen and oxygen atoms in total. The number of thiophene rings is 1. The maximum absolute atomic E-state index is 12.6. The van der Waals surface area contributed by atoms with Crippen LogP contribution in [-0.4, -0.2) is 19.0 Å². The van der Waals surface area contributed by atoms with Gasteiger partial charge in [0.25, 0.3) is 5.91 Å². The van der Waals surface area contributed by atoms with Crippen LogP contribution >= 0.6 is 11.3 Å². The zero-order valence-corrected chi connectivity index (χ0v) is 15.2. The molecule has 1 N–H and O–H groups in total. The van der Waals surface area contributed by atoms with Crippen molar-refractivity contribution in [3.05, 3.63) is 77.4 Å². The van der Waals surface area contributed by atoms with Gasteiger partial charge in [-0.3, -0.25) is 4.79 Å². The fraction of sp³-hybridized carbons (Fsp3) is 0.0476. The number of esters is 1. The van der Waals surface area contributed by atoms with E-state index in [0.717, 1.165) is 15.8 Å². The molecule has 0 fully saturated rings. The number of hydrogen-bond donors (Lipinski definition) is 1. The molecule has 0 aliphatic heterocycles. The molecule has 0 spiro atoms. The Morgan fingerprint density at radius 2 is 1.74 bits per heavy atom. The summed E-state index contributed by atoms with van der Waals surface area (Å²) in [7, 11) is 1.31. The summed E-state index contributed by atoms with van der Waals surface area (Å²) in [5.74, 6) is -0.740. The van der Waals surface area contributed by atoms with Crippen LogP contribution in [-0.2, 0) is 4.74 Å². The molecular formula is C21H15NO4S. The first kappa shape index (κ1) is 17.1. The van der Waals surface area contributed by atoms with Crippen LogP contribution in [0.1, 0.15) is 20.2 Å². The van der Waals surface area contributed by atoms with Crippen LogP contribution in [0, 0.1) is 0 Å². The summed E-state index contributed by atoms with van der Waals surface area (Å²) in [5.41, 5.74) is 1.99. The predicted molar refractivity (Wildman–Crippen MR) is 105 cm³/mol. The Hall–Kier alpha value is -3.38. The first-order chi connectivity index (χ1) is 13.2. The average molecular weight is 377 g/mol. The highest BCUT2D eigenvalue weighted by Gasteiger charge is 2.21. The second kappa shape index (κ2) is 7.09. The molecule has 0 aliphatic carbocycles. The molecule has 0 unspecified atom stereocenters. The third-order valence-electron chi connectivity index (χ3n) is 4.06. The Morgan fingerprint density at radius 1 is 1.00 bits per heavy atom. The number of methoxy groups -OCH3 is 1. The monoisotopic (exact) mass is 377 g/mol. The molecule has 4 rings (SSSR count). The molecule has 0 aliphatic rings. The fourth-order valence-corrected chi connectivity index (χ4v) is 3.79. The van der Waals surface area contributed by atoms with Crippen molar-refractivity contribution in [1.29, 1.82) is 0 Å². The smallest absolute Gasteiger partial charge is 0.350 e. The van der Waals surface area contributed by atoms with Crippen molar-refractivity contribution >= 4 is 39.9 Å². The van der Waals surface area contributed by atoms with Crippen molar-refractivity contribution in [1.82, 2.24) is 0 Å². The highest BCUT2D eigenvalue weighted by atomic mass is 32.1. The Labute approximate surface area is 159 Å². The van der Waals surface area contributed by atoms with Gasteiger partial charge in [0, 0.05) is 10.3 Å². The van der Waals surface area contributed by atoms with Crippen molar-refractivity contribution in [2.24, 2.45) is 0 Å². The van der Waals surface area contributed by atoms with Gasteiger partial charge in [-0.2, -0.15) is 0 Å². The van der Waals surface area contributed by atoms with Crippen LogP contribution in [0.4, 0.5) is 5.69 Å². The summed E-state index contributed by atoms with van der Waals surface area (Å²) in [4.78, 5) is 26.0. The van der Waals surface area contributed by atoms with Crippen molar-refractivity contribution in [2.75, 3.05) is 12.4 Å². The van der Waals surface area contributed by atoms with E-state index in [1.807, 2.05) is 48.5 Å². The topological polar surface area (TPSA) is 68.5 Å². The quantitative estimate of drug-likeness (QED) is 0.496. The van der Waals surface area contributed by atoms with Crippen molar-refractivity contribution in [3.8, 4) is 10.4 Å². The largest absolute Gasteiger partial charge is 0.465 e. The van der Waals surface area contributed by atoms with Gasteiger partial charge in [-0.05, 0) is 23.8 Å². The molecule has 4 aromatic rings. The molecule has 0 atom stereocenters. The van der Waals surface area contributed by atoms with Gasteiger partial charge in [-0.1, -0.05) is 48.5 Å². The highest BCUT2D eigenvalue weighted by molar-refractivity contribution is 7.18. The fourth-order valence-electron chi connectivity index (χ4n) is 2.75. The maximum Gasteiger partial charge on any atom is 0.350 e. The van der Waals surface area contributed by atoms with Crippen LogP contribution in [0.2, 0.25) is 0 Å². The lowest BCUT2D eigenvalue weighted by molar-refractivity contribution is 0.0607. The Balaban J connectivity index is 1.68. The lowest BCUT2D eigenvalue weighted by Crippen LogP contribution is -2.13. The zero-order chi connectivity index (χ0) is 18.8. The number of amides is 1. The first-order valence-electron chi connectivity index (χ1n) is 8.23. The molecule has 134 valence electrons. The van der Waals surface area contributed by atoms with Gasteiger partial charge in [0.1, 0.15) is 10.5 Å². The van der Waals surface area contributed by atoms with Crippen LogP contribution < -0.4 is 5.32 Å². The number of fused-ring (bicyclic) bond motifs is 1.